The van der Waals surface area contributed by atoms with Crippen LogP contribution in [0.3, 0.4) is 0 Å². The molecule has 0 aromatic carbocycles. The van der Waals surface area contributed by atoms with Crippen molar-refractivity contribution in [2.45, 2.75) is 37.3 Å². The van der Waals surface area contributed by atoms with E-state index in [9.17, 15) is 8.42 Å². The molecule has 1 aromatic heterocycles. The monoisotopic (exact) mass is 245 g/mol. The average molecular weight is 245 g/mol. The molecule has 1 aliphatic rings. The molecule has 0 saturated heterocycles. The highest BCUT2D eigenvalue weighted by molar-refractivity contribution is 7.89. The van der Waals surface area contributed by atoms with Gasteiger partial charge in [0.25, 0.3) is 0 Å². The van der Waals surface area contributed by atoms with Gasteiger partial charge in [-0.15, -0.1) is 0 Å². The second kappa shape index (κ2) is 4.15. The molecule has 90 valence electrons. The Hall–Kier alpha value is -0.920. The normalized spacial score (nSPS) is 20.8. The third kappa shape index (κ3) is 2.11. The van der Waals surface area contributed by atoms with Crippen molar-refractivity contribution in [3.63, 3.8) is 0 Å². The minimum atomic E-state index is -3.65. The van der Waals surface area contributed by atoms with E-state index < -0.39 is 10.0 Å². The third-order valence-corrected chi connectivity index (χ3v) is 3.65. The van der Waals surface area contributed by atoms with E-state index >= 15 is 0 Å². The number of primary sulfonamides is 1. The summed E-state index contributed by atoms with van der Waals surface area (Å²) in [6.07, 6.45) is 2.88. The molecule has 2 heterocycles. The molecule has 0 amide bonds. The van der Waals surface area contributed by atoms with Gasteiger partial charge in [0.15, 0.2) is 0 Å². The molecule has 0 unspecified atom stereocenters. The van der Waals surface area contributed by atoms with Gasteiger partial charge in [-0.25, -0.2) is 13.6 Å². The lowest BCUT2D eigenvalue weighted by molar-refractivity contribution is 0.0334. The fourth-order valence-corrected chi connectivity index (χ4v) is 2.72. The number of nitrogens with zero attached hydrogens (tertiary/aromatic N) is 2. The Balaban J connectivity index is 2.27. The maximum atomic E-state index is 11.3. The number of hydrogen-bond acceptors (Lipinski definition) is 4. The van der Waals surface area contributed by atoms with Crippen LogP contribution in [0.5, 0.6) is 0 Å². The van der Waals surface area contributed by atoms with Crippen molar-refractivity contribution in [3.05, 3.63) is 11.9 Å². The Morgan fingerprint density at radius 2 is 2.44 bits per heavy atom. The van der Waals surface area contributed by atoms with E-state index in [0.29, 0.717) is 25.3 Å². The van der Waals surface area contributed by atoms with Crippen LogP contribution in [0.4, 0.5) is 0 Å². The average Bonchev–Trinajstić information content (AvgIpc) is 2.60. The topological polar surface area (TPSA) is 87.2 Å². The molecule has 1 aliphatic heterocycles. The van der Waals surface area contributed by atoms with Crippen LogP contribution in [-0.2, 0) is 27.7 Å². The number of rotatable bonds is 3. The summed E-state index contributed by atoms with van der Waals surface area (Å²) in [5, 5.41) is 9.14. The van der Waals surface area contributed by atoms with Crippen LogP contribution in [0.15, 0.2) is 11.1 Å². The predicted octanol–water partition coefficient (Wildman–Crippen LogP) is -0.118. The summed E-state index contributed by atoms with van der Waals surface area (Å²) in [4.78, 5) is 0.141. The van der Waals surface area contributed by atoms with Crippen molar-refractivity contribution in [1.82, 2.24) is 9.78 Å². The first-order chi connectivity index (χ1) is 7.52. The molecule has 0 saturated carbocycles. The lowest BCUT2D eigenvalue weighted by atomic mass is 10.1. The lowest BCUT2D eigenvalue weighted by Gasteiger charge is -2.23. The third-order valence-electron chi connectivity index (χ3n) is 2.70. The van der Waals surface area contributed by atoms with Crippen LogP contribution in [-0.4, -0.2) is 30.9 Å². The summed E-state index contributed by atoms with van der Waals surface area (Å²) in [6, 6.07) is 0. The first-order valence-corrected chi connectivity index (χ1v) is 6.76. The van der Waals surface area contributed by atoms with Crippen molar-refractivity contribution < 1.29 is 13.2 Å². The molecule has 0 aliphatic carbocycles. The van der Waals surface area contributed by atoms with Crippen LogP contribution < -0.4 is 5.14 Å². The maximum Gasteiger partial charge on any atom is 0.241 e. The van der Waals surface area contributed by atoms with Crippen molar-refractivity contribution in [2.75, 3.05) is 6.61 Å². The first-order valence-electron chi connectivity index (χ1n) is 5.21. The molecule has 2 rings (SSSR count). The van der Waals surface area contributed by atoms with Crippen LogP contribution in [0.2, 0.25) is 0 Å². The first kappa shape index (κ1) is 11.6. The fraction of sp³-hybridized carbons (Fsp3) is 0.667. The van der Waals surface area contributed by atoms with Gasteiger partial charge < -0.3 is 4.74 Å². The van der Waals surface area contributed by atoms with E-state index in [0.717, 1.165) is 6.42 Å². The minimum Gasteiger partial charge on any atom is -0.377 e. The molecule has 0 fully saturated rings. The predicted molar refractivity (Wildman–Crippen MR) is 57.3 cm³/mol. The zero-order valence-electron chi connectivity index (χ0n) is 9.09. The quantitative estimate of drug-likeness (QED) is 0.804. The molecule has 16 heavy (non-hydrogen) atoms. The van der Waals surface area contributed by atoms with Gasteiger partial charge >= 0.3 is 0 Å². The Bertz CT molecular complexity index is 480. The standard InChI is InChI=1S/C9H15N3O3S/c1-2-15-7-3-4-8-9(16(10,13)14)5-11-12(8)6-7/h5,7H,2-4,6H2,1H3,(H2,10,13,14)/t7-/m0/s1. The van der Waals surface area contributed by atoms with Crippen LogP contribution in [0.1, 0.15) is 19.0 Å². The Labute approximate surface area is 94.4 Å². The highest BCUT2D eigenvalue weighted by Gasteiger charge is 2.26. The van der Waals surface area contributed by atoms with Crippen molar-refractivity contribution in [2.24, 2.45) is 5.14 Å². The largest absolute Gasteiger partial charge is 0.377 e. The Morgan fingerprint density at radius 1 is 1.69 bits per heavy atom. The second-order valence-corrected chi connectivity index (χ2v) is 5.33. The molecule has 6 nitrogen and oxygen atoms in total. The maximum absolute atomic E-state index is 11.3. The molecular weight excluding hydrogens is 230 g/mol. The Morgan fingerprint density at radius 3 is 3.06 bits per heavy atom. The van der Waals surface area contributed by atoms with E-state index in [1.807, 2.05) is 6.92 Å². The lowest BCUT2D eigenvalue weighted by Crippen LogP contribution is -2.28. The summed E-state index contributed by atoms with van der Waals surface area (Å²) in [5.41, 5.74) is 0.693. The number of sulfonamides is 1. The second-order valence-electron chi connectivity index (χ2n) is 3.80. The van der Waals surface area contributed by atoms with Crippen molar-refractivity contribution in [1.29, 1.82) is 0 Å². The minimum absolute atomic E-state index is 0.116. The van der Waals surface area contributed by atoms with Gasteiger partial charge in [0, 0.05) is 6.61 Å². The number of ether oxygens (including phenoxy) is 1. The Kier molecular flexibility index (Phi) is 3.00. The van der Waals surface area contributed by atoms with E-state index in [4.69, 9.17) is 9.88 Å². The van der Waals surface area contributed by atoms with E-state index in [-0.39, 0.29) is 11.0 Å². The molecule has 0 spiro atoms. The van der Waals surface area contributed by atoms with Crippen molar-refractivity contribution in [3.8, 4) is 0 Å². The molecule has 2 N–H and O–H groups in total. The van der Waals surface area contributed by atoms with Crippen LogP contribution >= 0.6 is 0 Å². The van der Waals surface area contributed by atoms with Gasteiger partial charge in [0.05, 0.1) is 24.5 Å². The fourth-order valence-electron chi connectivity index (χ4n) is 1.99. The smallest absolute Gasteiger partial charge is 0.241 e. The van der Waals surface area contributed by atoms with Gasteiger partial charge in [-0.1, -0.05) is 0 Å². The highest BCUT2D eigenvalue weighted by Crippen LogP contribution is 2.22. The van der Waals surface area contributed by atoms with Gasteiger partial charge in [-0.3, -0.25) is 4.68 Å². The number of hydrogen-bond donors (Lipinski definition) is 1. The summed E-state index contributed by atoms with van der Waals surface area (Å²) in [6.45, 7) is 3.19. The number of nitrogens with two attached hydrogens (primary N) is 1. The van der Waals surface area contributed by atoms with Gasteiger partial charge in [0.1, 0.15) is 4.90 Å². The SMILES string of the molecule is CCO[C@H]1CCc2c(S(N)(=O)=O)cnn2C1. The van der Waals surface area contributed by atoms with Gasteiger partial charge in [-0.2, -0.15) is 5.10 Å². The molecule has 7 heteroatoms. The number of aromatic nitrogens is 2. The molecular formula is C9H15N3O3S. The molecule has 0 bridgehead atoms. The summed E-state index contributed by atoms with van der Waals surface area (Å²) < 4.78 is 29.7. The molecule has 1 aromatic rings. The molecule has 0 radical (unpaired) electrons. The van der Waals surface area contributed by atoms with Crippen LogP contribution in [0, 0.1) is 0 Å². The van der Waals surface area contributed by atoms with Crippen LogP contribution in [0.25, 0.3) is 0 Å². The van der Waals surface area contributed by atoms with E-state index in [1.54, 1.807) is 4.68 Å². The zero-order valence-corrected chi connectivity index (χ0v) is 9.90. The zero-order chi connectivity index (χ0) is 11.8. The van der Waals surface area contributed by atoms with E-state index in [2.05, 4.69) is 5.10 Å². The summed E-state index contributed by atoms with van der Waals surface area (Å²) in [7, 11) is -3.65. The highest BCUT2D eigenvalue weighted by atomic mass is 32.2. The molecule has 1 atom stereocenters. The van der Waals surface area contributed by atoms with E-state index in [1.165, 1.54) is 6.20 Å². The van der Waals surface area contributed by atoms with Gasteiger partial charge in [-0.05, 0) is 19.8 Å². The van der Waals surface area contributed by atoms with Crippen molar-refractivity contribution >= 4 is 10.0 Å². The summed E-state index contributed by atoms with van der Waals surface area (Å²) in [5.74, 6) is 0. The summed E-state index contributed by atoms with van der Waals surface area (Å²) >= 11 is 0. The van der Waals surface area contributed by atoms with Gasteiger partial charge in [0.2, 0.25) is 10.0 Å². The number of fused-ring (bicyclic) bond motifs is 1.